The Labute approximate surface area is 135 Å². The van der Waals surface area contributed by atoms with Gasteiger partial charge in [0.25, 0.3) is 10.0 Å². The van der Waals surface area contributed by atoms with Gasteiger partial charge in [-0.3, -0.25) is 9.52 Å². The number of ether oxygens (including phenoxy) is 1. The maximum absolute atomic E-state index is 12.6. The number of benzene rings is 1. The minimum absolute atomic E-state index is 0.187. The number of nitrogens with one attached hydrogen (secondary N) is 1. The number of aryl methyl sites for hydroxylation is 3. The van der Waals surface area contributed by atoms with E-state index in [4.69, 9.17) is 4.74 Å². The molecule has 0 aliphatic carbocycles. The summed E-state index contributed by atoms with van der Waals surface area (Å²) < 4.78 is 34.5. The van der Waals surface area contributed by atoms with Gasteiger partial charge in [-0.1, -0.05) is 0 Å². The Morgan fingerprint density at radius 2 is 1.87 bits per heavy atom. The number of rotatable bonds is 5. The molecular formula is C16H20N2O4S. The third-order valence-corrected chi connectivity index (χ3v) is 4.92. The van der Waals surface area contributed by atoms with E-state index in [2.05, 4.69) is 4.72 Å². The second kappa shape index (κ2) is 6.45. The molecule has 0 saturated carbocycles. The van der Waals surface area contributed by atoms with Crippen molar-refractivity contribution in [3.05, 3.63) is 51.9 Å². The molecule has 2 rings (SSSR count). The predicted molar refractivity (Wildman–Crippen MR) is 89.6 cm³/mol. The summed E-state index contributed by atoms with van der Waals surface area (Å²) >= 11 is 0. The minimum atomic E-state index is -3.75. The molecule has 124 valence electrons. The first-order valence-electron chi connectivity index (χ1n) is 7.18. The SMILES string of the molecule is CCOc1cc(C)c(S(=O)(=O)Nc2ccc(=O)n(C)c2)cc1C. The Hall–Kier alpha value is -2.28. The number of hydrogen-bond donors (Lipinski definition) is 1. The van der Waals surface area contributed by atoms with Gasteiger partial charge in [0.2, 0.25) is 5.56 Å². The van der Waals surface area contributed by atoms with Crippen molar-refractivity contribution < 1.29 is 13.2 Å². The first kappa shape index (κ1) is 17.1. The van der Waals surface area contributed by atoms with E-state index in [0.29, 0.717) is 23.6 Å². The molecule has 0 saturated heterocycles. The van der Waals surface area contributed by atoms with Gasteiger partial charge in [0.05, 0.1) is 17.2 Å². The summed E-state index contributed by atoms with van der Waals surface area (Å²) in [6.45, 7) is 5.91. The van der Waals surface area contributed by atoms with E-state index in [-0.39, 0.29) is 10.5 Å². The van der Waals surface area contributed by atoms with Crippen molar-refractivity contribution >= 4 is 15.7 Å². The monoisotopic (exact) mass is 336 g/mol. The lowest BCUT2D eigenvalue weighted by molar-refractivity contribution is 0.337. The Morgan fingerprint density at radius 1 is 1.17 bits per heavy atom. The molecule has 0 fully saturated rings. The molecule has 0 bridgehead atoms. The molecule has 0 amide bonds. The van der Waals surface area contributed by atoms with Crippen LogP contribution in [-0.2, 0) is 17.1 Å². The van der Waals surface area contributed by atoms with Crippen molar-refractivity contribution in [1.29, 1.82) is 0 Å². The average Bonchev–Trinajstić information content (AvgIpc) is 2.46. The second-order valence-electron chi connectivity index (χ2n) is 5.29. The van der Waals surface area contributed by atoms with Crippen molar-refractivity contribution in [2.24, 2.45) is 7.05 Å². The quantitative estimate of drug-likeness (QED) is 0.908. The van der Waals surface area contributed by atoms with Gasteiger partial charge in [-0.25, -0.2) is 8.42 Å². The molecule has 0 spiro atoms. The average molecular weight is 336 g/mol. The summed E-state index contributed by atoms with van der Waals surface area (Å²) in [6.07, 6.45) is 1.44. The zero-order valence-electron chi connectivity index (χ0n) is 13.6. The highest BCUT2D eigenvalue weighted by Crippen LogP contribution is 2.27. The van der Waals surface area contributed by atoms with E-state index < -0.39 is 10.0 Å². The molecule has 0 atom stereocenters. The van der Waals surface area contributed by atoms with Gasteiger partial charge < -0.3 is 9.30 Å². The molecule has 0 radical (unpaired) electrons. The fourth-order valence-electron chi connectivity index (χ4n) is 2.23. The molecule has 2 aromatic rings. The number of nitrogens with zero attached hydrogens (tertiary/aromatic N) is 1. The van der Waals surface area contributed by atoms with Crippen LogP contribution < -0.4 is 15.0 Å². The van der Waals surface area contributed by atoms with E-state index in [9.17, 15) is 13.2 Å². The first-order valence-corrected chi connectivity index (χ1v) is 8.66. The number of sulfonamides is 1. The van der Waals surface area contributed by atoms with Crippen LogP contribution in [-0.4, -0.2) is 19.6 Å². The molecule has 1 aromatic carbocycles. The highest BCUT2D eigenvalue weighted by atomic mass is 32.2. The number of anilines is 1. The number of hydrogen-bond acceptors (Lipinski definition) is 4. The highest BCUT2D eigenvalue weighted by Gasteiger charge is 2.19. The van der Waals surface area contributed by atoms with E-state index in [1.807, 2.05) is 6.92 Å². The van der Waals surface area contributed by atoms with Gasteiger partial charge in [-0.2, -0.15) is 0 Å². The van der Waals surface area contributed by atoms with Crippen LogP contribution in [0.5, 0.6) is 5.75 Å². The van der Waals surface area contributed by atoms with Gasteiger partial charge in [0.15, 0.2) is 0 Å². The molecule has 7 heteroatoms. The summed E-state index contributed by atoms with van der Waals surface area (Å²) in [5, 5.41) is 0. The third-order valence-electron chi connectivity index (χ3n) is 3.40. The van der Waals surface area contributed by atoms with E-state index in [0.717, 1.165) is 5.56 Å². The largest absolute Gasteiger partial charge is 0.494 e. The van der Waals surface area contributed by atoms with Crippen LogP contribution in [0.1, 0.15) is 18.1 Å². The fraction of sp³-hybridized carbons (Fsp3) is 0.312. The van der Waals surface area contributed by atoms with Crippen molar-refractivity contribution in [3.63, 3.8) is 0 Å². The molecule has 23 heavy (non-hydrogen) atoms. The number of aromatic nitrogens is 1. The summed E-state index contributed by atoms with van der Waals surface area (Å²) in [6, 6.07) is 6.06. The summed E-state index contributed by atoms with van der Waals surface area (Å²) in [5.41, 5.74) is 1.47. The Bertz CT molecular complexity index is 885. The molecule has 1 heterocycles. The lowest BCUT2D eigenvalue weighted by Crippen LogP contribution is -2.19. The summed E-state index contributed by atoms with van der Waals surface area (Å²) in [5.74, 6) is 0.672. The van der Waals surface area contributed by atoms with Crippen LogP contribution in [0.3, 0.4) is 0 Å². The Kier molecular flexibility index (Phi) is 4.79. The van der Waals surface area contributed by atoms with Gasteiger partial charge in [0.1, 0.15) is 5.75 Å². The standard InChI is InChI=1S/C16H20N2O4S/c1-5-22-14-8-12(3)15(9-11(14)2)23(20,21)17-13-6-7-16(19)18(4)10-13/h6-10,17H,5H2,1-4H3. The lowest BCUT2D eigenvalue weighted by Gasteiger charge is -2.14. The Balaban J connectivity index is 2.41. The summed E-state index contributed by atoms with van der Waals surface area (Å²) in [4.78, 5) is 11.6. The molecule has 1 aromatic heterocycles. The molecular weight excluding hydrogens is 316 g/mol. The van der Waals surface area contributed by atoms with Crippen LogP contribution in [0.4, 0.5) is 5.69 Å². The smallest absolute Gasteiger partial charge is 0.262 e. The molecule has 0 aliphatic rings. The van der Waals surface area contributed by atoms with E-state index >= 15 is 0 Å². The molecule has 1 N–H and O–H groups in total. The first-order chi connectivity index (χ1) is 10.7. The van der Waals surface area contributed by atoms with Gasteiger partial charge in [0, 0.05) is 19.3 Å². The predicted octanol–water partition coefficient (Wildman–Crippen LogP) is 2.20. The van der Waals surface area contributed by atoms with Gasteiger partial charge in [-0.15, -0.1) is 0 Å². The lowest BCUT2D eigenvalue weighted by atomic mass is 10.1. The van der Waals surface area contributed by atoms with Gasteiger partial charge >= 0.3 is 0 Å². The molecule has 0 unspecified atom stereocenters. The Morgan fingerprint density at radius 3 is 2.48 bits per heavy atom. The van der Waals surface area contributed by atoms with E-state index in [1.165, 1.54) is 22.9 Å². The van der Waals surface area contributed by atoms with Crippen LogP contribution in [0.15, 0.2) is 40.2 Å². The van der Waals surface area contributed by atoms with Crippen LogP contribution in [0.25, 0.3) is 0 Å². The molecule has 0 aliphatic heterocycles. The normalized spacial score (nSPS) is 11.3. The van der Waals surface area contributed by atoms with Crippen molar-refractivity contribution in [2.75, 3.05) is 11.3 Å². The topological polar surface area (TPSA) is 77.4 Å². The van der Waals surface area contributed by atoms with E-state index in [1.54, 1.807) is 33.0 Å². The van der Waals surface area contributed by atoms with Crippen molar-refractivity contribution in [1.82, 2.24) is 4.57 Å². The highest BCUT2D eigenvalue weighted by molar-refractivity contribution is 7.92. The van der Waals surface area contributed by atoms with Gasteiger partial charge in [-0.05, 0) is 50.1 Å². The van der Waals surface area contributed by atoms with Crippen LogP contribution in [0.2, 0.25) is 0 Å². The number of pyridine rings is 1. The van der Waals surface area contributed by atoms with Crippen molar-refractivity contribution in [2.45, 2.75) is 25.7 Å². The third kappa shape index (κ3) is 3.73. The zero-order chi connectivity index (χ0) is 17.2. The summed E-state index contributed by atoms with van der Waals surface area (Å²) in [7, 11) is -2.19. The second-order valence-corrected chi connectivity index (χ2v) is 6.94. The zero-order valence-corrected chi connectivity index (χ0v) is 14.4. The minimum Gasteiger partial charge on any atom is -0.494 e. The van der Waals surface area contributed by atoms with Crippen molar-refractivity contribution in [3.8, 4) is 5.75 Å². The molecule has 6 nitrogen and oxygen atoms in total. The maximum Gasteiger partial charge on any atom is 0.262 e. The fourth-order valence-corrected chi connectivity index (χ4v) is 3.58. The maximum atomic E-state index is 12.6. The van der Waals surface area contributed by atoms with Crippen LogP contribution >= 0.6 is 0 Å². The van der Waals surface area contributed by atoms with Crippen LogP contribution in [0, 0.1) is 13.8 Å².